The van der Waals surface area contributed by atoms with Gasteiger partial charge in [-0.1, -0.05) is 18.2 Å². The van der Waals surface area contributed by atoms with Gasteiger partial charge in [0.05, 0.1) is 21.3 Å². The molecule has 0 saturated carbocycles. The molecule has 2 aromatic rings. The average molecular weight is 361 g/mol. The van der Waals surface area contributed by atoms with Gasteiger partial charge in [0.1, 0.15) is 0 Å². The lowest BCUT2D eigenvalue weighted by atomic mass is 10.1. The molecule has 25 heavy (non-hydrogen) atoms. The molecule has 0 atom stereocenters. The third-order valence-corrected chi connectivity index (χ3v) is 4.62. The topological polar surface area (TPSA) is 56.8 Å². The maximum absolute atomic E-state index is 12.1. The number of carbonyl (C=O) groups excluding carboxylic acids is 1. The van der Waals surface area contributed by atoms with Crippen molar-refractivity contribution in [3.05, 3.63) is 48.0 Å². The zero-order valence-electron chi connectivity index (χ0n) is 14.7. The van der Waals surface area contributed by atoms with E-state index < -0.39 is 0 Å². The molecule has 1 amide bonds. The highest BCUT2D eigenvalue weighted by atomic mass is 32.2. The van der Waals surface area contributed by atoms with Crippen molar-refractivity contribution in [2.45, 2.75) is 17.9 Å². The Bertz CT molecular complexity index is 691. The summed E-state index contributed by atoms with van der Waals surface area (Å²) in [5, 5.41) is 2.92. The first-order valence-corrected chi connectivity index (χ1v) is 8.90. The van der Waals surface area contributed by atoms with E-state index in [0.717, 1.165) is 16.2 Å². The minimum atomic E-state index is 0.000249. The summed E-state index contributed by atoms with van der Waals surface area (Å²) in [6, 6.07) is 13.7. The molecule has 0 radical (unpaired) electrons. The van der Waals surface area contributed by atoms with Crippen LogP contribution in [0.3, 0.4) is 0 Å². The number of carbonyl (C=O) groups is 1. The Balaban J connectivity index is 1.89. The molecule has 0 bridgehead atoms. The molecule has 0 aliphatic heterocycles. The second-order valence-electron chi connectivity index (χ2n) is 5.18. The van der Waals surface area contributed by atoms with Gasteiger partial charge >= 0.3 is 0 Å². The summed E-state index contributed by atoms with van der Waals surface area (Å²) in [5.74, 6) is 2.42. The van der Waals surface area contributed by atoms with E-state index in [0.29, 0.717) is 30.2 Å². The van der Waals surface area contributed by atoms with Crippen LogP contribution in [0, 0.1) is 0 Å². The molecule has 0 aliphatic rings. The Hall–Kier alpha value is -2.34. The average Bonchev–Trinajstić information content (AvgIpc) is 2.66. The largest absolute Gasteiger partial charge is 0.493 e. The van der Waals surface area contributed by atoms with Crippen LogP contribution >= 0.6 is 11.8 Å². The van der Waals surface area contributed by atoms with Crippen LogP contribution in [0.5, 0.6) is 17.2 Å². The lowest BCUT2D eigenvalue weighted by Crippen LogP contribution is -2.23. The highest BCUT2D eigenvalue weighted by Crippen LogP contribution is 2.39. The van der Waals surface area contributed by atoms with Gasteiger partial charge in [-0.05, 0) is 24.3 Å². The van der Waals surface area contributed by atoms with Gasteiger partial charge in [0.2, 0.25) is 11.7 Å². The van der Waals surface area contributed by atoms with Crippen LogP contribution in [0.2, 0.25) is 0 Å². The van der Waals surface area contributed by atoms with Gasteiger partial charge in [-0.15, -0.1) is 11.8 Å². The minimum Gasteiger partial charge on any atom is -0.493 e. The second kappa shape index (κ2) is 9.84. The fraction of sp³-hybridized carbons (Fsp3) is 0.316. The van der Waals surface area contributed by atoms with Crippen LogP contribution in [-0.4, -0.2) is 33.0 Å². The Labute approximate surface area is 152 Å². The first-order chi connectivity index (χ1) is 12.2. The van der Waals surface area contributed by atoms with E-state index in [4.69, 9.17) is 14.2 Å². The number of amides is 1. The monoisotopic (exact) mass is 361 g/mol. The van der Waals surface area contributed by atoms with Crippen molar-refractivity contribution in [1.82, 2.24) is 5.32 Å². The molecule has 0 fully saturated rings. The molecule has 0 spiro atoms. The summed E-state index contributed by atoms with van der Waals surface area (Å²) >= 11 is 1.67. The van der Waals surface area contributed by atoms with Crippen molar-refractivity contribution < 1.29 is 19.0 Å². The van der Waals surface area contributed by atoms with Gasteiger partial charge in [0.25, 0.3) is 0 Å². The van der Waals surface area contributed by atoms with Gasteiger partial charge in [-0.2, -0.15) is 0 Å². The molecule has 2 aromatic carbocycles. The van der Waals surface area contributed by atoms with Crippen LogP contribution in [-0.2, 0) is 11.3 Å². The van der Waals surface area contributed by atoms with Crippen molar-refractivity contribution in [3.8, 4) is 17.2 Å². The molecule has 0 unspecified atom stereocenters. The highest BCUT2D eigenvalue weighted by molar-refractivity contribution is 7.99. The van der Waals surface area contributed by atoms with E-state index in [1.54, 1.807) is 39.2 Å². The molecule has 6 heteroatoms. The SMILES string of the molecule is COc1ccc(CNC(=O)CCSc2ccccc2)c(OC)c1OC. The van der Waals surface area contributed by atoms with Gasteiger partial charge < -0.3 is 19.5 Å². The van der Waals surface area contributed by atoms with Gasteiger partial charge in [0.15, 0.2) is 11.5 Å². The Kier molecular flexibility index (Phi) is 7.47. The van der Waals surface area contributed by atoms with E-state index >= 15 is 0 Å². The summed E-state index contributed by atoms with van der Waals surface area (Å²) < 4.78 is 16.0. The molecule has 5 nitrogen and oxygen atoms in total. The number of ether oxygens (including phenoxy) is 3. The van der Waals surface area contributed by atoms with Gasteiger partial charge in [-0.3, -0.25) is 4.79 Å². The molecular formula is C19H23NO4S. The van der Waals surface area contributed by atoms with Crippen molar-refractivity contribution in [2.24, 2.45) is 0 Å². The summed E-state index contributed by atoms with van der Waals surface area (Å²) in [6.07, 6.45) is 0.454. The minimum absolute atomic E-state index is 0.000249. The van der Waals surface area contributed by atoms with Crippen molar-refractivity contribution in [1.29, 1.82) is 0 Å². The third kappa shape index (κ3) is 5.32. The molecule has 0 saturated heterocycles. The maximum Gasteiger partial charge on any atom is 0.221 e. The third-order valence-electron chi connectivity index (χ3n) is 3.60. The van der Waals surface area contributed by atoms with Crippen molar-refractivity contribution >= 4 is 17.7 Å². The summed E-state index contributed by atoms with van der Waals surface area (Å²) in [4.78, 5) is 13.2. The predicted octanol–water partition coefficient (Wildman–Crippen LogP) is 3.51. The predicted molar refractivity (Wildman–Crippen MR) is 99.7 cm³/mol. The normalized spacial score (nSPS) is 10.2. The Morgan fingerprint density at radius 2 is 1.68 bits per heavy atom. The number of rotatable bonds is 9. The lowest BCUT2D eigenvalue weighted by Gasteiger charge is -2.16. The van der Waals surface area contributed by atoms with Crippen LogP contribution in [0.15, 0.2) is 47.4 Å². The van der Waals surface area contributed by atoms with E-state index in [-0.39, 0.29) is 5.91 Å². The number of nitrogens with one attached hydrogen (secondary N) is 1. The zero-order chi connectivity index (χ0) is 18.1. The molecule has 0 aromatic heterocycles. The summed E-state index contributed by atoms with van der Waals surface area (Å²) in [6.45, 7) is 0.373. The van der Waals surface area contributed by atoms with E-state index in [1.165, 1.54) is 0 Å². The second-order valence-corrected chi connectivity index (χ2v) is 6.35. The molecule has 0 heterocycles. The molecule has 1 N–H and O–H groups in total. The summed E-state index contributed by atoms with van der Waals surface area (Å²) in [7, 11) is 4.70. The van der Waals surface area contributed by atoms with Crippen LogP contribution in [0.1, 0.15) is 12.0 Å². The fourth-order valence-electron chi connectivity index (χ4n) is 2.36. The number of benzene rings is 2. The molecular weight excluding hydrogens is 338 g/mol. The fourth-order valence-corrected chi connectivity index (χ4v) is 3.24. The van der Waals surface area contributed by atoms with Crippen LogP contribution < -0.4 is 19.5 Å². The quantitative estimate of drug-likeness (QED) is 0.693. The van der Waals surface area contributed by atoms with Crippen LogP contribution in [0.4, 0.5) is 0 Å². The number of hydrogen-bond donors (Lipinski definition) is 1. The maximum atomic E-state index is 12.1. The van der Waals surface area contributed by atoms with Crippen molar-refractivity contribution in [3.63, 3.8) is 0 Å². The molecule has 2 rings (SSSR count). The van der Waals surface area contributed by atoms with Gasteiger partial charge in [0, 0.05) is 29.2 Å². The zero-order valence-corrected chi connectivity index (χ0v) is 15.5. The van der Waals surface area contributed by atoms with E-state index in [9.17, 15) is 4.79 Å². The standard InChI is InChI=1S/C19H23NO4S/c1-22-16-10-9-14(18(23-2)19(16)24-3)13-20-17(21)11-12-25-15-7-5-4-6-8-15/h4-10H,11-13H2,1-3H3,(H,20,21). The smallest absolute Gasteiger partial charge is 0.221 e. The number of methoxy groups -OCH3 is 3. The Morgan fingerprint density at radius 1 is 0.960 bits per heavy atom. The van der Waals surface area contributed by atoms with E-state index in [1.807, 2.05) is 36.4 Å². The highest BCUT2D eigenvalue weighted by Gasteiger charge is 2.16. The van der Waals surface area contributed by atoms with Gasteiger partial charge in [-0.25, -0.2) is 0 Å². The molecule has 0 aliphatic carbocycles. The van der Waals surface area contributed by atoms with E-state index in [2.05, 4.69) is 5.32 Å². The van der Waals surface area contributed by atoms with Crippen molar-refractivity contribution in [2.75, 3.05) is 27.1 Å². The number of hydrogen-bond acceptors (Lipinski definition) is 5. The summed E-state index contributed by atoms with van der Waals surface area (Å²) in [5.41, 5.74) is 0.837. The first kappa shape index (κ1) is 19.0. The lowest BCUT2D eigenvalue weighted by molar-refractivity contribution is -0.120. The molecule has 134 valence electrons. The number of thioether (sulfide) groups is 1. The Morgan fingerprint density at radius 3 is 2.32 bits per heavy atom. The van der Waals surface area contributed by atoms with Crippen LogP contribution in [0.25, 0.3) is 0 Å². The first-order valence-electron chi connectivity index (χ1n) is 7.92.